The summed E-state index contributed by atoms with van der Waals surface area (Å²) in [5, 5.41) is 6.44. The zero-order valence-electron chi connectivity index (χ0n) is 17.8. The van der Waals surface area contributed by atoms with Crippen molar-refractivity contribution in [3.05, 3.63) is 72.3 Å². The van der Waals surface area contributed by atoms with Gasteiger partial charge in [0.25, 0.3) is 10.0 Å². The van der Waals surface area contributed by atoms with Crippen LogP contribution in [-0.4, -0.2) is 40.7 Å². The summed E-state index contributed by atoms with van der Waals surface area (Å²) in [4.78, 5) is 10.7. The first kappa shape index (κ1) is 22.4. The maximum Gasteiger partial charge on any atom is 0.279 e. The monoisotopic (exact) mass is 500 g/mol. The lowest BCUT2D eigenvalue weighted by atomic mass is 10.0. The van der Waals surface area contributed by atoms with E-state index in [1.54, 1.807) is 6.20 Å². The van der Waals surface area contributed by atoms with E-state index in [9.17, 15) is 12.8 Å². The molecule has 0 unspecified atom stereocenters. The van der Waals surface area contributed by atoms with Crippen LogP contribution >= 0.6 is 0 Å². The molecule has 3 heterocycles. The van der Waals surface area contributed by atoms with Crippen molar-refractivity contribution in [3.63, 3.8) is 0 Å². The average molecular weight is 500 g/mol. The molecular formula is C22H15F3N6O3S. The molecule has 0 radical (unpaired) electrons. The Labute approximate surface area is 196 Å². The number of nitrogens with zero attached hydrogens (tertiary/aromatic N) is 3. The number of aromatic nitrogens is 5. The SMILES string of the molecule is COc1cccc(S(=O)(=O)Nc2ccc(F)c(-c3ccc4c(-c5ncc[nH]5)n[nH]c4c3F)c2F)n1. The van der Waals surface area contributed by atoms with Gasteiger partial charge in [0.15, 0.2) is 22.5 Å². The molecule has 13 heteroatoms. The van der Waals surface area contributed by atoms with Crippen LogP contribution in [0, 0.1) is 17.5 Å². The molecule has 0 fully saturated rings. The van der Waals surface area contributed by atoms with Crippen molar-refractivity contribution >= 4 is 26.6 Å². The lowest BCUT2D eigenvalue weighted by Gasteiger charge is -2.13. The number of hydrogen-bond donors (Lipinski definition) is 3. The zero-order chi connectivity index (χ0) is 24.7. The summed E-state index contributed by atoms with van der Waals surface area (Å²) < 4.78 is 77.9. The lowest BCUT2D eigenvalue weighted by Crippen LogP contribution is -2.16. The number of benzene rings is 2. The number of aromatic amines is 2. The standard InChI is InChI=1S/C22H15F3N6O3S/c1-34-15-3-2-4-16(28-15)35(32,33)31-14-8-7-13(23)17(19(14)25)11-5-6-12-20(18(11)24)29-30-21(12)22-26-9-10-27-22/h2-10,31H,1H3,(H,26,27)(H,29,30). The van der Waals surface area contributed by atoms with E-state index in [4.69, 9.17) is 4.74 Å². The van der Waals surface area contributed by atoms with Gasteiger partial charge in [0, 0.05) is 29.4 Å². The van der Waals surface area contributed by atoms with Gasteiger partial charge < -0.3 is 9.72 Å². The van der Waals surface area contributed by atoms with Crippen molar-refractivity contribution in [1.82, 2.24) is 25.1 Å². The number of rotatable bonds is 6. The molecule has 2 aromatic carbocycles. The molecule has 5 aromatic rings. The first-order chi connectivity index (χ1) is 16.8. The molecule has 3 aromatic heterocycles. The highest BCUT2D eigenvalue weighted by atomic mass is 32.2. The molecule has 5 rings (SSSR count). The minimum atomic E-state index is -4.37. The molecule has 0 amide bonds. The van der Waals surface area contributed by atoms with E-state index in [-0.39, 0.29) is 11.4 Å². The number of sulfonamides is 1. The number of halogens is 3. The average Bonchev–Trinajstić information content (AvgIpc) is 3.52. The van der Waals surface area contributed by atoms with Crippen LogP contribution in [0.3, 0.4) is 0 Å². The Balaban J connectivity index is 1.58. The second-order valence-electron chi connectivity index (χ2n) is 7.27. The van der Waals surface area contributed by atoms with E-state index in [1.807, 2.05) is 4.72 Å². The fraction of sp³-hybridized carbons (Fsp3) is 0.0455. The predicted octanol–water partition coefficient (Wildman–Crippen LogP) is 4.24. The van der Waals surface area contributed by atoms with Crippen molar-refractivity contribution in [3.8, 4) is 28.5 Å². The largest absolute Gasteiger partial charge is 0.481 e. The number of nitrogens with one attached hydrogen (secondary N) is 3. The van der Waals surface area contributed by atoms with Crippen molar-refractivity contribution < 1.29 is 26.3 Å². The molecule has 0 aliphatic heterocycles. The summed E-state index contributed by atoms with van der Waals surface area (Å²) in [6, 6.07) is 8.34. The number of methoxy groups -OCH3 is 1. The maximum absolute atomic E-state index is 15.4. The van der Waals surface area contributed by atoms with Gasteiger partial charge in [0.1, 0.15) is 17.0 Å². The smallest absolute Gasteiger partial charge is 0.279 e. The highest BCUT2D eigenvalue weighted by molar-refractivity contribution is 7.92. The summed E-state index contributed by atoms with van der Waals surface area (Å²) in [6.07, 6.45) is 3.07. The summed E-state index contributed by atoms with van der Waals surface area (Å²) in [6.45, 7) is 0. The Hall–Kier alpha value is -4.39. The Morgan fingerprint density at radius 1 is 1.03 bits per heavy atom. The van der Waals surface area contributed by atoms with Gasteiger partial charge in [-0.15, -0.1) is 0 Å². The summed E-state index contributed by atoms with van der Waals surface area (Å²) >= 11 is 0. The Morgan fingerprint density at radius 2 is 1.86 bits per heavy atom. The Kier molecular flexibility index (Phi) is 5.40. The van der Waals surface area contributed by atoms with Crippen LogP contribution < -0.4 is 9.46 Å². The van der Waals surface area contributed by atoms with Crippen LogP contribution in [0.2, 0.25) is 0 Å². The third-order valence-electron chi connectivity index (χ3n) is 5.19. The molecule has 0 bridgehead atoms. The predicted molar refractivity (Wildman–Crippen MR) is 121 cm³/mol. The molecule has 0 aliphatic rings. The van der Waals surface area contributed by atoms with E-state index >= 15 is 8.78 Å². The van der Waals surface area contributed by atoms with Gasteiger partial charge in [-0.2, -0.15) is 18.5 Å². The normalized spacial score (nSPS) is 11.7. The molecular weight excluding hydrogens is 485 g/mol. The van der Waals surface area contributed by atoms with E-state index in [1.165, 1.54) is 43.6 Å². The van der Waals surface area contributed by atoms with E-state index in [0.717, 1.165) is 12.1 Å². The number of fused-ring (bicyclic) bond motifs is 1. The van der Waals surface area contributed by atoms with E-state index in [2.05, 4.69) is 25.1 Å². The molecule has 3 N–H and O–H groups in total. The molecule has 9 nitrogen and oxygen atoms in total. The summed E-state index contributed by atoms with van der Waals surface area (Å²) in [5.41, 5.74) is -1.55. The van der Waals surface area contributed by atoms with Gasteiger partial charge in [-0.05, 0) is 24.3 Å². The molecule has 178 valence electrons. The zero-order valence-corrected chi connectivity index (χ0v) is 18.6. The van der Waals surface area contributed by atoms with Crippen molar-refractivity contribution in [1.29, 1.82) is 0 Å². The number of hydrogen-bond acceptors (Lipinski definition) is 6. The molecule has 35 heavy (non-hydrogen) atoms. The second-order valence-corrected chi connectivity index (χ2v) is 8.90. The minimum absolute atomic E-state index is 0.0250. The van der Waals surface area contributed by atoms with Crippen LogP contribution in [0.1, 0.15) is 0 Å². The third-order valence-corrected chi connectivity index (χ3v) is 6.45. The van der Waals surface area contributed by atoms with Gasteiger partial charge in [0.2, 0.25) is 5.88 Å². The van der Waals surface area contributed by atoms with Crippen molar-refractivity contribution in [2.24, 2.45) is 0 Å². The van der Waals surface area contributed by atoms with Gasteiger partial charge >= 0.3 is 0 Å². The van der Waals surface area contributed by atoms with Gasteiger partial charge in [0.05, 0.1) is 18.4 Å². The van der Waals surface area contributed by atoms with Gasteiger partial charge in [-0.1, -0.05) is 12.1 Å². The lowest BCUT2D eigenvalue weighted by molar-refractivity contribution is 0.394. The highest BCUT2D eigenvalue weighted by Crippen LogP contribution is 2.37. The van der Waals surface area contributed by atoms with Crippen LogP contribution in [0.4, 0.5) is 18.9 Å². The topological polar surface area (TPSA) is 126 Å². The number of anilines is 1. The van der Waals surface area contributed by atoms with Crippen LogP contribution in [0.5, 0.6) is 5.88 Å². The second kappa shape index (κ2) is 8.43. The van der Waals surface area contributed by atoms with Crippen molar-refractivity contribution in [2.75, 3.05) is 11.8 Å². The first-order valence-electron chi connectivity index (χ1n) is 9.98. The molecule has 0 spiro atoms. The maximum atomic E-state index is 15.4. The van der Waals surface area contributed by atoms with Crippen LogP contribution in [-0.2, 0) is 10.0 Å². The summed E-state index contributed by atoms with van der Waals surface area (Å²) in [7, 11) is -3.06. The molecule has 0 saturated heterocycles. The fourth-order valence-electron chi connectivity index (χ4n) is 3.56. The van der Waals surface area contributed by atoms with Crippen LogP contribution in [0.15, 0.2) is 59.9 Å². The quantitative estimate of drug-likeness (QED) is 0.320. The minimum Gasteiger partial charge on any atom is -0.481 e. The number of pyridine rings is 1. The number of ether oxygens (including phenoxy) is 1. The van der Waals surface area contributed by atoms with E-state index in [0.29, 0.717) is 16.9 Å². The van der Waals surface area contributed by atoms with Gasteiger partial charge in [-0.3, -0.25) is 9.82 Å². The Morgan fingerprint density at radius 3 is 2.60 bits per heavy atom. The third kappa shape index (κ3) is 3.85. The summed E-state index contributed by atoms with van der Waals surface area (Å²) in [5.74, 6) is -2.96. The highest BCUT2D eigenvalue weighted by Gasteiger charge is 2.25. The van der Waals surface area contributed by atoms with Gasteiger partial charge in [-0.25, -0.2) is 18.2 Å². The number of H-pyrrole nitrogens is 2. The Bertz CT molecular complexity index is 1670. The molecule has 0 aliphatic carbocycles. The fourth-order valence-corrected chi connectivity index (χ4v) is 4.58. The molecule has 0 atom stereocenters. The number of imidazole rings is 1. The van der Waals surface area contributed by atoms with E-state index < -0.39 is 49.3 Å². The molecule has 0 saturated carbocycles. The van der Waals surface area contributed by atoms with Crippen LogP contribution in [0.25, 0.3) is 33.5 Å². The van der Waals surface area contributed by atoms with Crippen molar-refractivity contribution in [2.45, 2.75) is 5.03 Å². The first-order valence-corrected chi connectivity index (χ1v) is 11.5.